The zero-order chi connectivity index (χ0) is 17.9. The molecule has 1 fully saturated rings. The van der Waals surface area contributed by atoms with Gasteiger partial charge in [-0.3, -0.25) is 4.79 Å². The normalized spacial score (nSPS) is 18.6. The molecule has 3 heterocycles. The van der Waals surface area contributed by atoms with Gasteiger partial charge < -0.3 is 15.3 Å². The van der Waals surface area contributed by atoms with E-state index in [1.807, 2.05) is 0 Å². The number of carboxylic acid groups (broad SMARTS) is 1. The lowest BCUT2D eigenvalue weighted by atomic mass is 9.97. The molecule has 1 aromatic heterocycles. The van der Waals surface area contributed by atoms with Gasteiger partial charge in [0.1, 0.15) is 5.01 Å². The van der Waals surface area contributed by atoms with Crippen LogP contribution in [-0.4, -0.2) is 47.1 Å². The summed E-state index contributed by atoms with van der Waals surface area (Å²) >= 11 is 1.80. The summed E-state index contributed by atoms with van der Waals surface area (Å²) in [6.45, 7) is 4.77. The van der Waals surface area contributed by atoms with Crippen LogP contribution in [0.3, 0.4) is 0 Å². The van der Waals surface area contributed by atoms with Crippen molar-refractivity contribution in [3.8, 4) is 10.6 Å². The number of carbonyl (C=O) groups is 1. The summed E-state index contributed by atoms with van der Waals surface area (Å²) in [6, 6.07) is 8.78. The number of carboxylic acids is 1. The first kappa shape index (κ1) is 17.6. The average molecular weight is 372 g/mol. The fourth-order valence-corrected chi connectivity index (χ4v) is 4.84. The van der Waals surface area contributed by atoms with Crippen LogP contribution in [0.4, 0.5) is 0 Å². The summed E-state index contributed by atoms with van der Waals surface area (Å²) in [7, 11) is 0. The van der Waals surface area contributed by atoms with Gasteiger partial charge >= 0.3 is 5.97 Å². The third-order valence-electron chi connectivity index (χ3n) is 5.46. The van der Waals surface area contributed by atoms with Crippen molar-refractivity contribution >= 4 is 17.3 Å². The molecule has 2 aliphatic heterocycles. The molecule has 138 valence electrons. The summed E-state index contributed by atoms with van der Waals surface area (Å²) in [5.41, 5.74) is 3.80. The SMILES string of the molecule is O=C(O)C1CCN(CCc2ccc(-c3nc4c(s3)CNCC4)cc2)CC1. The number of nitrogens with one attached hydrogen (secondary N) is 1. The quantitative estimate of drug-likeness (QED) is 0.846. The van der Waals surface area contributed by atoms with Crippen LogP contribution in [0.1, 0.15) is 29.0 Å². The number of likely N-dealkylation sites (tertiary alicyclic amines) is 1. The molecule has 26 heavy (non-hydrogen) atoms. The van der Waals surface area contributed by atoms with E-state index in [-0.39, 0.29) is 5.92 Å². The Hall–Kier alpha value is -1.76. The molecule has 5 nitrogen and oxygen atoms in total. The second-order valence-corrected chi connectivity index (χ2v) is 8.30. The summed E-state index contributed by atoms with van der Waals surface area (Å²) < 4.78 is 0. The maximum atomic E-state index is 11.0. The molecule has 0 radical (unpaired) electrons. The van der Waals surface area contributed by atoms with Crippen LogP contribution >= 0.6 is 11.3 Å². The van der Waals surface area contributed by atoms with Crippen LogP contribution in [0.25, 0.3) is 10.6 Å². The van der Waals surface area contributed by atoms with Crippen molar-refractivity contribution in [1.29, 1.82) is 0 Å². The molecular formula is C20H25N3O2S. The van der Waals surface area contributed by atoms with Crippen LogP contribution < -0.4 is 5.32 Å². The second kappa shape index (κ2) is 7.86. The number of benzene rings is 1. The number of rotatable bonds is 5. The van der Waals surface area contributed by atoms with Crippen LogP contribution in [0, 0.1) is 5.92 Å². The molecule has 0 saturated carbocycles. The van der Waals surface area contributed by atoms with E-state index in [0.717, 1.165) is 63.4 Å². The Bertz CT molecular complexity index is 740. The standard InChI is InChI=1S/C20H25N3O2S/c24-20(25)16-7-11-23(12-8-16)10-6-14-1-3-15(4-2-14)19-22-17-5-9-21-13-18(17)26-19/h1-4,16,21H,5-13H2,(H,24,25). The molecular weight excluding hydrogens is 346 g/mol. The zero-order valence-electron chi connectivity index (χ0n) is 14.9. The molecule has 2 aliphatic rings. The Kier molecular flexibility index (Phi) is 5.33. The average Bonchev–Trinajstić information content (AvgIpc) is 3.11. The fourth-order valence-electron chi connectivity index (χ4n) is 3.75. The molecule has 1 aromatic carbocycles. The van der Waals surface area contributed by atoms with Crippen molar-refractivity contribution < 1.29 is 9.90 Å². The second-order valence-electron chi connectivity index (χ2n) is 7.22. The van der Waals surface area contributed by atoms with E-state index in [0.29, 0.717) is 0 Å². The molecule has 0 aliphatic carbocycles. The first-order valence-electron chi connectivity index (χ1n) is 9.43. The van der Waals surface area contributed by atoms with E-state index in [2.05, 4.69) is 34.5 Å². The summed E-state index contributed by atoms with van der Waals surface area (Å²) in [4.78, 5) is 19.6. The molecule has 0 amide bonds. The maximum Gasteiger partial charge on any atom is 0.306 e. The number of hydrogen-bond donors (Lipinski definition) is 2. The van der Waals surface area contributed by atoms with Crippen LogP contribution in [0.15, 0.2) is 24.3 Å². The van der Waals surface area contributed by atoms with Gasteiger partial charge in [-0.15, -0.1) is 11.3 Å². The van der Waals surface area contributed by atoms with Crippen molar-refractivity contribution in [2.24, 2.45) is 5.92 Å². The summed E-state index contributed by atoms with van der Waals surface area (Å²) in [5, 5.41) is 13.6. The van der Waals surface area contributed by atoms with Gasteiger partial charge in [0.05, 0.1) is 11.6 Å². The van der Waals surface area contributed by atoms with Crippen LogP contribution in [0.2, 0.25) is 0 Å². The topological polar surface area (TPSA) is 65.5 Å². The predicted octanol–water partition coefficient (Wildman–Crippen LogP) is 2.79. The van der Waals surface area contributed by atoms with E-state index >= 15 is 0 Å². The predicted molar refractivity (Wildman–Crippen MR) is 103 cm³/mol. The summed E-state index contributed by atoms with van der Waals surface area (Å²) in [5.74, 6) is -0.787. The van der Waals surface area contributed by atoms with Crippen molar-refractivity contribution in [2.75, 3.05) is 26.2 Å². The molecule has 0 bridgehead atoms. The van der Waals surface area contributed by atoms with Crippen molar-refractivity contribution in [1.82, 2.24) is 15.2 Å². The number of thiazole rings is 1. The Morgan fingerprint density at radius 1 is 1.27 bits per heavy atom. The molecule has 0 atom stereocenters. The number of hydrogen-bond acceptors (Lipinski definition) is 5. The van der Waals surface area contributed by atoms with E-state index in [1.165, 1.54) is 21.7 Å². The van der Waals surface area contributed by atoms with Gasteiger partial charge in [0, 0.05) is 36.5 Å². The number of nitrogens with zero attached hydrogens (tertiary/aromatic N) is 2. The molecule has 0 unspecified atom stereocenters. The van der Waals surface area contributed by atoms with E-state index in [4.69, 9.17) is 10.1 Å². The number of aliphatic carboxylic acids is 1. The Labute approximate surface area is 158 Å². The van der Waals surface area contributed by atoms with E-state index < -0.39 is 5.97 Å². The summed E-state index contributed by atoms with van der Waals surface area (Å²) in [6.07, 6.45) is 3.59. The highest BCUT2D eigenvalue weighted by Gasteiger charge is 2.24. The number of fused-ring (bicyclic) bond motifs is 1. The van der Waals surface area contributed by atoms with Crippen molar-refractivity contribution in [2.45, 2.75) is 32.2 Å². The van der Waals surface area contributed by atoms with Crippen molar-refractivity contribution in [3.05, 3.63) is 40.4 Å². The molecule has 4 rings (SSSR count). The third kappa shape index (κ3) is 3.98. The van der Waals surface area contributed by atoms with Gasteiger partial charge in [0.25, 0.3) is 0 Å². The van der Waals surface area contributed by atoms with Gasteiger partial charge in [-0.25, -0.2) is 4.98 Å². The lowest BCUT2D eigenvalue weighted by Gasteiger charge is -2.29. The van der Waals surface area contributed by atoms with Crippen LogP contribution in [0.5, 0.6) is 0 Å². The lowest BCUT2D eigenvalue weighted by molar-refractivity contribution is -0.143. The van der Waals surface area contributed by atoms with Crippen LogP contribution in [-0.2, 0) is 24.2 Å². The molecule has 0 spiro atoms. The monoisotopic (exact) mass is 371 g/mol. The minimum absolute atomic E-state index is 0.148. The Morgan fingerprint density at radius 2 is 2.04 bits per heavy atom. The van der Waals surface area contributed by atoms with E-state index in [1.54, 1.807) is 11.3 Å². The minimum Gasteiger partial charge on any atom is -0.481 e. The Morgan fingerprint density at radius 3 is 2.73 bits per heavy atom. The van der Waals surface area contributed by atoms with Crippen molar-refractivity contribution in [3.63, 3.8) is 0 Å². The third-order valence-corrected chi connectivity index (χ3v) is 6.60. The molecule has 2 aromatic rings. The maximum absolute atomic E-state index is 11.0. The molecule has 2 N–H and O–H groups in total. The Balaban J connectivity index is 1.32. The van der Waals surface area contributed by atoms with E-state index in [9.17, 15) is 4.79 Å². The molecule has 1 saturated heterocycles. The zero-order valence-corrected chi connectivity index (χ0v) is 15.7. The van der Waals surface area contributed by atoms with Gasteiger partial charge in [-0.1, -0.05) is 24.3 Å². The first-order chi connectivity index (χ1) is 12.7. The number of aromatic nitrogens is 1. The van der Waals surface area contributed by atoms with Gasteiger partial charge in [-0.2, -0.15) is 0 Å². The minimum atomic E-state index is -0.639. The highest BCUT2D eigenvalue weighted by atomic mass is 32.1. The lowest BCUT2D eigenvalue weighted by Crippen LogP contribution is -2.37. The first-order valence-corrected chi connectivity index (χ1v) is 10.2. The fraction of sp³-hybridized carbons (Fsp3) is 0.500. The van der Waals surface area contributed by atoms with Gasteiger partial charge in [0.2, 0.25) is 0 Å². The smallest absolute Gasteiger partial charge is 0.306 e. The van der Waals surface area contributed by atoms with Gasteiger partial charge in [-0.05, 0) is 37.9 Å². The number of piperidine rings is 1. The molecule has 6 heteroatoms. The largest absolute Gasteiger partial charge is 0.481 e. The highest BCUT2D eigenvalue weighted by Crippen LogP contribution is 2.30. The van der Waals surface area contributed by atoms with Gasteiger partial charge in [0.15, 0.2) is 0 Å². The highest BCUT2D eigenvalue weighted by molar-refractivity contribution is 7.15.